The normalized spacial score (nSPS) is 15.1. The summed E-state index contributed by atoms with van der Waals surface area (Å²) in [6.07, 6.45) is 0.870. The highest BCUT2D eigenvalue weighted by Gasteiger charge is 2.28. The summed E-state index contributed by atoms with van der Waals surface area (Å²) in [5, 5.41) is 2.75. The Morgan fingerprint density at radius 3 is 2.69 bits per heavy atom. The number of halogens is 1. The number of benzene rings is 2. The van der Waals surface area contributed by atoms with E-state index in [9.17, 15) is 13.2 Å². The molecule has 0 unspecified atom stereocenters. The zero-order valence-corrected chi connectivity index (χ0v) is 17.6. The predicted molar refractivity (Wildman–Crippen MR) is 111 cm³/mol. The van der Waals surface area contributed by atoms with Crippen molar-refractivity contribution in [1.29, 1.82) is 0 Å². The molecular weight excluding hydrogens is 416 g/mol. The van der Waals surface area contributed by atoms with Gasteiger partial charge in [-0.25, -0.2) is 8.42 Å². The fourth-order valence-corrected chi connectivity index (χ4v) is 4.81. The van der Waals surface area contributed by atoms with Gasteiger partial charge in [-0.1, -0.05) is 30.7 Å². The van der Waals surface area contributed by atoms with Crippen LogP contribution in [-0.4, -0.2) is 51.5 Å². The molecule has 1 heterocycles. The Hall–Kier alpha value is -2.13. The minimum Gasteiger partial charge on any atom is -0.484 e. The number of hydrogen-bond donors (Lipinski definition) is 1. The molecule has 9 heteroatoms. The van der Waals surface area contributed by atoms with Crippen LogP contribution in [0.15, 0.2) is 47.4 Å². The number of ether oxygens (including phenoxy) is 2. The van der Waals surface area contributed by atoms with Gasteiger partial charge in [-0.15, -0.1) is 0 Å². The molecule has 2 aromatic carbocycles. The zero-order valence-electron chi connectivity index (χ0n) is 16.1. The van der Waals surface area contributed by atoms with Crippen molar-refractivity contribution in [3.8, 4) is 5.75 Å². The lowest BCUT2D eigenvalue weighted by Crippen LogP contribution is -2.40. The number of anilines is 1. The highest BCUT2D eigenvalue weighted by atomic mass is 35.5. The SMILES string of the molecule is CCc1cccc(OCC(=O)Nc2ccc(Cl)c(S(=O)(=O)N3CCOCC3)c2)c1. The monoisotopic (exact) mass is 438 g/mol. The number of carbonyl (C=O) groups excluding carboxylic acids is 1. The van der Waals surface area contributed by atoms with Gasteiger partial charge < -0.3 is 14.8 Å². The molecule has 2 aromatic rings. The van der Waals surface area contributed by atoms with Crippen LogP contribution in [0.1, 0.15) is 12.5 Å². The summed E-state index contributed by atoms with van der Waals surface area (Å²) in [7, 11) is -3.78. The fourth-order valence-electron chi connectivity index (χ4n) is 2.91. The van der Waals surface area contributed by atoms with E-state index in [1.165, 1.54) is 16.4 Å². The van der Waals surface area contributed by atoms with Gasteiger partial charge in [0.05, 0.1) is 18.2 Å². The molecule has 0 aromatic heterocycles. The number of nitrogens with zero attached hydrogens (tertiary/aromatic N) is 1. The molecule has 1 N–H and O–H groups in total. The third kappa shape index (κ3) is 5.48. The maximum Gasteiger partial charge on any atom is 0.262 e. The molecule has 0 aliphatic carbocycles. The lowest BCUT2D eigenvalue weighted by molar-refractivity contribution is -0.118. The first-order chi connectivity index (χ1) is 13.9. The Labute approximate surface area is 175 Å². The first kappa shape index (κ1) is 21.6. The van der Waals surface area contributed by atoms with Crippen molar-refractivity contribution in [2.45, 2.75) is 18.2 Å². The van der Waals surface area contributed by atoms with E-state index in [4.69, 9.17) is 21.1 Å². The van der Waals surface area contributed by atoms with Crippen LogP contribution in [0.25, 0.3) is 0 Å². The third-order valence-corrected chi connectivity index (χ3v) is 6.86. The number of carbonyl (C=O) groups is 1. The molecule has 0 bridgehead atoms. The molecule has 3 rings (SSSR count). The van der Waals surface area contributed by atoms with Crippen molar-refractivity contribution in [2.24, 2.45) is 0 Å². The lowest BCUT2D eigenvalue weighted by atomic mass is 10.2. The average Bonchev–Trinajstić information content (AvgIpc) is 2.74. The molecule has 1 amide bonds. The van der Waals surface area contributed by atoms with E-state index in [0.29, 0.717) is 24.7 Å². The van der Waals surface area contributed by atoms with E-state index in [0.717, 1.165) is 12.0 Å². The highest BCUT2D eigenvalue weighted by molar-refractivity contribution is 7.89. The average molecular weight is 439 g/mol. The van der Waals surface area contributed by atoms with E-state index in [2.05, 4.69) is 5.32 Å². The number of nitrogens with one attached hydrogen (secondary N) is 1. The maximum absolute atomic E-state index is 12.9. The lowest BCUT2D eigenvalue weighted by Gasteiger charge is -2.26. The molecule has 1 fully saturated rings. The Morgan fingerprint density at radius 2 is 1.97 bits per heavy atom. The largest absolute Gasteiger partial charge is 0.484 e. The van der Waals surface area contributed by atoms with E-state index in [-0.39, 0.29) is 29.6 Å². The Kier molecular flexibility index (Phi) is 7.13. The van der Waals surface area contributed by atoms with Gasteiger partial charge in [-0.3, -0.25) is 4.79 Å². The van der Waals surface area contributed by atoms with Gasteiger partial charge in [0.1, 0.15) is 10.6 Å². The Balaban J connectivity index is 1.68. The van der Waals surface area contributed by atoms with E-state index >= 15 is 0 Å². The minimum absolute atomic E-state index is 0.0459. The van der Waals surface area contributed by atoms with Crippen LogP contribution < -0.4 is 10.1 Å². The molecule has 7 nitrogen and oxygen atoms in total. The summed E-state index contributed by atoms with van der Waals surface area (Å²) in [6, 6.07) is 11.9. The van der Waals surface area contributed by atoms with Gasteiger partial charge in [-0.2, -0.15) is 4.31 Å². The molecule has 29 heavy (non-hydrogen) atoms. The van der Waals surface area contributed by atoms with Crippen LogP contribution >= 0.6 is 11.6 Å². The summed E-state index contributed by atoms with van der Waals surface area (Å²) >= 11 is 6.13. The van der Waals surface area contributed by atoms with Crippen LogP contribution in [0.3, 0.4) is 0 Å². The number of morpholine rings is 1. The minimum atomic E-state index is -3.78. The second kappa shape index (κ2) is 9.58. The number of rotatable bonds is 7. The summed E-state index contributed by atoms with van der Waals surface area (Å²) < 4.78 is 37.8. The van der Waals surface area contributed by atoms with Gasteiger partial charge in [0.2, 0.25) is 10.0 Å². The molecule has 1 aliphatic heterocycles. The van der Waals surface area contributed by atoms with Crippen LogP contribution in [0.4, 0.5) is 5.69 Å². The van der Waals surface area contributed by atoms with Crippen LogP contribution in [0.5, 0.6) is 5.75 Å². The summed E-state index contributed by atoms with van der Waals surface area (Å²) in [5.41, 5.74) is 1.44. The molecule has 0 spiro atoms. The molecule has 0 saturated carbocycles. The van der Waals surface area contributed by atoms with Crippen LogP contribution in [0.2, 0.25) is 5.02 Å². The first-order valence-electron chi connectivity index (χ1n) is 9.29. The molecule has 1 saturated heterocycles. The Morgan fingerprint density at radius 1 is 1.21 bits per heavy atom. The topological polar surface area (TPSA) is 84.9 Å². The fraction of sp³-hybridized carbons (Fsp3) is 0.350. The molecule has 156 valence electrons. The summed E-state index contributed by atoms with van der Waals surface area (Å²) in [6.45, 7) is 3.05. The zero-order chi connectivity index (χ0) is 20.9. The molecule has 0 atom stereocenters. The van der Waals surface area contributed by atoms with Crippen molar-refractivity contribution in [2.75, 3.05) is 38.2 Å². The standard InChI is InChI=1S/C20H23ClN2O5S/c1-2-15-4-3-5-17(12-15)28-14-20(24)22-16-6-7-18(21)19(13-16)29(25,26)23-8-10-27-11-9-23/h3-7,12-13H,2,8-11,14H2,1H3,(H,22,24). The summed E-state index contributed by atoms with van der Waals surface area (Å²) in [4.78, 5) is 12.2. The van der Waals surface area contributed by atoms with Gasteiger partial charge in [-0.05, 0) is 42.3 Å². The van der Waals surface area contributed by atoms with Gasteiger partial charge in [0, 0.05) is 18.8 Å². The first-order valence-corrected chi connectivity index (χ1v) is 11.1. The van der Waals surface area contributed by atoms with Gasteiger partial charge in [0.15, 0.2) is 6.61 Å². The Bertz CT molecular complexity index is 975. The van der Waals surface area contributed by atoms with Crippen LogP contribution in [0, 0.1) is 0 Å². The number of sulfonamides is 1. The van der Waals surface area contributed by atoms with Crippen molar-refractivity contribution in [1.82, 2.24) is 4.31 Å². The molecule has 1 aliphatic rings. The smallest absolute Gasteiger partial charge is 0.262 e. The number of hydrogen-bond acceptors (Lipinski definition) is 5. The van der Waals surface area contributed by atoms with E-state index < -0.39 is 15.9 Å². The molecular formula is C20H23ClN2O5S. The molecule has 0 radical (unpaired) electrons. The van der Waals surface area contributed by atoms with Crippen molar-refractivity contribution < 1.29 is 22.7 Å². The quantitative estimate of drug-likeness (QED) is 0.718. The number of amides is 1. The van der Waals surface area contributed by atoms with Gasteiger partial charge >= 0.3 is 0 Å². The predicted octanol–water partition coefficient (Wildman–Crippen LogP) is 2.94. The van der Waals surface area contributed by atoms with Crippen molar-refractivity contribution in [3.63, 3.8) is 0 Å². The van der Waals surface area contributed by atoms with Crippen molar-refractivity contribution >= 4 is 33.2 Å². The summed E-state index contributed by atoms with van der Waals surface area (Å²) in [5.74, 6) is 0.204. The maximum atomic E-state index is 12.9. The second-order valence-electron chi connectivity index (χ2n) is 6.50. The third-order valence-electron chi connectivity index (χ3n) is 4.48. The highest BCUT2D eigenvalue weighted by Crippen LogP contribution is 2.28. The van der Waals surface area contributed by atoms with E-state index in [1.807, 2.05) is 25.1 Å². The van der Waals surface area contributed by atoms with Crippen LogP contribution in [-0.2, 0) is 26.0 Å². The van der Waals surface area contributed by atoms with Gasteiger partial charge in [0.25, 0.3) is 5.91 Å². The number of aryl methyl sites for hydroxylation is 1. The van der Waals surface area contributed by atoms with Crippen molar-refractivity contribution in [3.05, 3.63) is 53.1 Å². The second-order valence-corrected chi connectivity index (χ2v) is 8.81. The van der Waals surface area contributed by atoms with E-state index in [1.54, 1.807) is 12.1 Å².